The minimum atomic E-state index is 1.01. The number of thioether (sulfide) groups is 1. The monoisotopic (exact) mass is 381 g/mol. The number of nitrogens with one attached hydrogen (secondary N) is 1. The molecule has 142 valence electrons. The normalized spacial score (nSPS) is 16.7. The SMILES string of the molecule is CCCCN1C[NH+](CCSc2ccc(C)cc2)Cn2c1nc1ccccc12. The molecule has 0 radical (unpaired) electrons. The quantitative estimate of drug-likeness (QED) is 0.634. The summed E-state index contributed by atoms with van der Waals surface area (Å²) in [6.45, 7) is 8.71. The van der Waals surface area contributed by atoms with Crippen LogP contribution in [0, 0.1) is 6.92 Å². The number of aryl methyl sites for hydroxylation is 1. The molecule has 1 N–H and O–H groups in total. The van der Waals surface area contributed by atoms with Crippen molar-refractivity contribution >= 4 is 28.7 Å². The van der Waals surface area contributed by atoms with E-state index in [-0.39, 0.29) is 0 Å². The van der Waals surface area contributed by atoms with Crippen molar-refractivity contribution in [2.45, 2.75) is 38.3 Å². The largest absolute Gasteiger partial charge is 0.300 e. The van der Waals surface area contributed by atoms with Gasteiger partial charge in [-0.3, -0.25) is 14.4 Å². The third kappa shape index (κ3) is 4.14. The van der Waals surface area contributed by atoms with Gasteiger partial charge in [-0.15, -0.1) is 11.8 Å². The predicted molar refractivity (Wildman–Crippen MR) is 115 cm³/mol. The number of benzene rings is 2. The zero-order valence-electron chi connectivity index (χ0n) is 16.3. The lowest BCUT2D eigenvalue weighted by Gasteiger charge is -2.34. The van der Waals surface area contributed by atoms with Crippen molar-refractivity contribution in [2.24, 2.45) is 0 Å². The second-order valence-corrected chi connectivity index (χ2v) is 8.59. The molecule has 1 aliphatic rings. The molecule has 2 aromatic carbocycles. The van der Waals surface area contributed by atoms with Crippen LogP contribution in [0.5, 0.6) is 0 Å². The summed E-state index contributed by atoms with van der Waals surface area (Å²) in [7, 11) is 0. The number of unbranched alkanes of at least 4 members (excludes halogenated alkanes) is 1. The summed E-state index contributed by atoms with van der Waals surface area (Å²) in [5, 5.41) is 0. The molecule has 1 unspecified atom stereocenters. The van der Waals surface area contributed by atoms with Gasteiger partial charge in [-0.1, -0.05) is 43.2 Å². The smallest absolute Gasteiger partial charge is 0.215 e. The van der Waals surface area contributed by atoms with E-state index < -0.39 is 0 Å². The maximum Gasteiger partial charge on any atom is 0.215 e. The third-order valence-electron chi connectivity index (χ3n) is 5.24. The zero-order valence-corrected chi connectivity index (χ0v) is 17.1. The molecule has 3 aromatic rings. The molecular formula is C22H29N4S+. The van der Waals surface area contributed by atoms with E-state index in [1.807, 2.05) is 11.8 Å². The van der Waals surface area contributed by atoms with E-state index in [9.17, 15) is 0 Å². The Morgan fingerprint density at radius 3 is 2.70 bits per heavy atom. The van der Waals surface area contributed by atoms with Gasteiger partial charge in [0.2, 0.25) is 5.95 Å². The van der Waals surface area contributed by atoms with E-state index in [0.717, 1.165) is 43.6 Å². The molecule has 0 aliphatic carbocycles. The Labute approximate surface area is 166 Å². The second kappa shape index (κ2) is 8.36. The molecule has 27 heavy (non-hydrogen) atoms. The molecule has 5 heteroatoms. The van der Waals surface area contributed by atoms with Crippen molar-refractivity contribution in [1.82, 2.24) is 9.55 Å². The molecule has 0 spiro atoms. The molecule has 2 heterocycles. The maximum absolute atomic E-state index is 4.93. The molecule has 1 atom stereocenters. The summed E-state index contributed by atoms with van der Waals surface area (Å²) in [6, 6.07) is 17.4. The number of imidazole rings is 1. The van der Waals surface area contributed by atoms with Crippen LogP contribution in [0.3, 0.4) is 0 Å². The van der Waals surface area contributed by atoms with Crippen molar-refractivity contribution in [3.63, 3.8) is 0 Å². The van der Waals surface area contributed by atoms with Crippen LogP contribution in [-0.2, 0) is 6.67 Å². The molecular weight excluding hydrogens is 352 g/mol. The van der Waals surface area contributed by atoms with Gasteiger partial charge < -0.3 is 0 Å². The number of nitrogens with zero attached hydrogens (tertiary/aromatic N) is 3. The average Bonchev–Trinajstić information content (AvgIpc) is 3.07. The summed E-state index contributed by atoms with van der Waals surface area (Å²) >= 11 is 1.96. The van der Waals surface area contributed by atoms with Gasteiger partial charge in [0.1, 0.15) is 0 Å². The van der Waals surface area contributed by atoms with E-state index in [0.29, 0.717) is 0 Å². The number of quaternary nitrogens is 1. The molecule has 0 fully saturated rings. The molecule has 4 rings (SSSR count). The number of hydrogen-bond acceptors (Lipinski definition) is 3. The molecule has 1 aliphatic heterocycles. The number of fused-ring (bicyclic) bond motifs is 3. The fourth-order valence-electron chi connectivity index (χ4n) is 3.71. The lowest BCUT2D eigenvalue weighted by molar-refractivity contribution is -0.922. The first-order valence-corrected chi connectivity index (χ1v) is 11.0. The van der Waals surface area contributed by atoms with E-state index >= 15 is 0 Å². The van der Waals surface area contributed by atoms with E-state index in [1.165, 1.54) is 28.8 Å². The van der Waals surface area contributed by atoms with Crippen LogP contribution < -0.4 is 9.80 Å². The molecule has 0 bridgehead atoms. The Bertz CT molecular complexity index is 887. The fraction of sp³-hybridized carbons (Fsp3) is 0.409. The Morgan fingerprint density at radius 1 is 1.07 bits per heavy atom. The van der Waals surface area contributed by atoms with E-state index in [2.05, 4.69) is 71.8 Å². The first-order chi connectivity index (χ1) is 13.2. The van der Waals surface area contributed by atoms with Gasteiger partial charge >= 0.3 is 0 Å². The molecule has 0 saturated heterocycles. The van der Waals surface area contributed by atoms with Crippen molar-refractivity contribution < 1.29 is 4.90 Å². The molecule has 1 aromatic heterocycles. The highest BCUT2D eigenvalue weighted by Gasteiger charge is 2.27. The van der Waals surface area contributed by atoms with Crippen molar-refractivity contribution in [2.75, 3.05) is 30.4 Å². The summed E-state index contributed by atoms with van der Waals surface area (Å²) in [5.74, 6) is 2.29. The number of rotatable bonds is 7. The van der Waals surface area contributed by atoms with Crippen LogP contribution >= 0.6 is 11.8 Å². The van der Waals surface area contributed by atoms with Gasteiger partial charge in [-0.2, -0.15) is 0 Å². The lowest BCUT2D eigenvalue weighted by Crippen LogP contribution is -3.14. The second-order valence-electron chi connectivity index (χ2n) is 7.42. The minimum Gasteiger partial charge on any atom is -0.300 e. The van der Waals surface area contributed by atoms with E-state index in [4.69, 9.17) is 4.98 Å². The standard InChI is InChI=1S/C22H28N4S/c1-3-4-13-25-16-24(14-15-27-19-11-9-18(2)10-12-19)17-26-21-8-6-5-7-20(21)23-22(25)26/h5-12H,3-4,13-17H2,1-2H3/p+1. The highest BCUT2D eigenvalue weighted by atomic mass is 32.2. The van der Waals surface area contributed by atoms with Crippen molar-refractivity contribution in [3.05, 3.63) is 54.1 Å². The molecule has 4 nitrogen and oxygen atoms in total. The third-order valence-corrected chi connectivity index (χ3v) is 6.25. The van der Waals surface area contributed by atoms with Crippen LogP contribution in [0.2, 0.25) is 0 Å². The summed E-state index contributed by atoms with van der Waals surface area (Å²) < 4.78 is 2.42. The Balaban J connectivity index is 1.47. The number of aromatic nitrogens is 2. The van der Waals surface area contributed by atoms with Crippen LogP contribution in [-0.4, -0.2) is 35.1 Å². The predicted octanol–water partition coefficient (Wildman–Crippen LogP) is 3.56. The maximum atomic E-state index is 4.93. The number of hydrogen-bond donors (Lipinski definition) is 1. The first kappa shape index (κ1) is 18.4. The molecule has 0 amide bonds. The first-order valence-electron chi connectivity index (χ1n) is 9.98. The highest BCUT2D eigenvalue weighted by Crippen LogP contribution is 2.23. The van der Waals surface area contributed by atoms with Gasteiger partial charge in [0.05, 0.1) is 17.6 Å². The topological polar surface area (TPSA) is 25.5 Å². The highest BCUT2D eigenvalue weighted by molar-refractivity contribution is 7.99. The summed E-state index contributed by atoms with van der Waals surface area (Å²) in [5.41, 5.74) is 3.70. The number of para-hydroxylation sites is 2. The molecule has 0 saturated carbocycles. The Morgan fingerprint density at radius 2 is 1.89 bits per heavy atom. The van der Waals surface area contributed by atoms with Gasteiger partial charge in [0.25, 0.3) is 0 Å². The van der Waals surface area contributed by atoms with Crippen LogP contribution in [0.25, 0.3) is 11.0 Å². The van der Waals surface area contributed by atoms with Gasteiger partial charge in [0, 0.05) is 17.2 Å². The summed E-state index contributed by atoms with van der Waals surface area (Å²) in [6.07, 6.45) is 2.43. The average molecular weight is 382 g/mol. The van der Waals surface area contributed by atoms with Crippen molar-refractivity contribution in [3.8, 4) is 0 Å². The van der Waals surface area contributed by atoms with E-state index in [1.54, 1.807) is 4.90 Å². The Hall–Kier alpha value is -1.98. The number of anilines is 1. The van der Waals surface area contributed by atoms with Gasteiger partial charge in [-0.05, 0) is 37.6 Å². The Kier molecular flexibility index (Phi) is 5.69. The van der Waals surface area contributed by atoms with Gasteiger partial charge in [0.15, 0.2) is 13.3 Å². The fourth-order valence-corrected chi connectivity index (χ4v) is 4.66. The zero-order chi connectivity index (χ0) is 18.6. The van der Waals surface area contributed by atoms with Crippen LogP contribution in [0.15, 0.2) is 53.4 Å². The lowest BCUT2D eigenvalue weighted by atomic mass is 10.2. The minimum absolute atomic E-state index is 1.01. The van der Waals surface area contributed by atoms with Crippen LogP contribution in [0.1, 0.15) is 25.3 Å². The van der Waals surface area contributed by atoms with Crippen LogP contribution in [0.4, 0.5) is 5.95 Å². The van der Waals surface area contributed by atoms with Gasteiger partial charge in [-0.25, -0.2) is 4.98 Å². The summed E-state index contributed by atoms with van der Waals surface area (Å²) in [4.78, 5) is 10.4. The van der Waals surface area contributed by atoms with Crippen molar-refractivity contribution in [1.29, 1.82) is 0 Å².